The number of hydrogen-bond acceptors (Lipinski definition) is 6. The number of amides is 2. The number of benzene rings is 3. The van der Waals surface area contributed by atoms with Crippen molar-refractivity contribution in [2.75, 3.05) is 20.3 Å². The molecule has 0 spiro atoms. The fourth-order valence-corrected chi connectivity index (χ4v) is 5.42. The van der Waals surface area contributed by atoms with E-state index in [0.29, 0.717) is 19.0 Å². The van der Waals surface area contributed by atoms with Crippen molar-refractivity contribution in [1.82, 2.24) is 5.32 Å². The summed E-state index contributed by atoms with van der Waals surface area (Å²) in [7, 11) is 1.71. The van der Waals surface area contributed by atoms with Crippen LogP contribution in [-0.2, 0) is 11.2 Å². The van der Waals surface area contributed by atoms with Gasteiger partial charge in [0.1, 0.15) is 22.5 Å². The van der Waals surface area contributed by atoms with Gasteiger partial charge in [0.2, 0.25) is 5.91 Å². The number of hydrogen-bond donors (Lipinski definition) is 1. The first kappa shape index (κ1) is 27.6. The van der Waals surface area contributed by atoms with Crippen LogP contribution in [0.4, 0.5) is 4.79 Å². The lowest BCUT2D eigenvalue weighted by atomic mass is 9.90. The van der Waals surface area contributed by atoms with Crippen molar-refractivity contribution in [3.63, 3.8) is 0 Å². The standard InChI is InChI=1S/C31H35NO5S/c1-4-10-23-19-22(21(2)26-13-5-6-14-28(26)35-3)15-16-27(23)37-18-8-7-17-36-25-12-9-11-24(20-25)29-30(33)32-31(34)38-29/h5-6,9,11-16,19-21,29H,4,7-8,10,17-18H2,1-3H3,(H,32,33,34). The van der Waals surface area contributed by atoms with Gasteiger partial charge in [-0.15, -0.1) is 0 Å². The first-order valence-electron chi connectivity index (χ1n) is 13.1. The van der Waals surface area contributed by atoms with Crippen LogP contribution in [-0.4, -0.2) is 31.5 Å². The second-order valence-electron chi connectivity index (χ2n) is 9.33. The van der Waals surface area contributed by atoms with Crippen LogP contribution in [0, 0.1) is 0 Å². The Labute approximate surface area is 229 Å². The fraction of sp³-hybridized carbons (Fsp3) is 0.355. The third-order valence-corrected chi connectivity index (χ3v) is 7.66. The fourth-order valence-electron chi connectivity index (χ4n) is 4.60. The molecule has 3 aromatic rings. The minimum Gasteiger partial charge on any atom is -0.496 e. The molecule has 0 radical (unpaired) electrons. The molecule has 6 nitrogen and oxygen atoms in total. The third-order valence-electron chi connectivity index (χ3n) is 6.62. The molecule has 1 heterocycles. The van der Waals surface area contributed by atoms with Crippen LogP contribution in [0.25, 0.3) is 0 Å². The number of imide groups is 1. The van der Waals surface area contributed by atoms with Crippen molar-refractivity contribution in [2.24, 2.45) is 0 Å². The summed E-state index contributed by atoms with van der Waals surface area (Å²) >= 11 is 0.998. The van der Waals surface area contributed by atoms with E-state index in [9.17, 15) is 9.59 Å². The number of aryl methyl sites for hydroxylation is 1. The molecule has 2 atom stereocenters. The van der Waals surface area contributed by atoms with E-state index in [0.717, 1.165) is 54.5 Å². The second kappa shape index (κ2) is 13.4. The topological polar surface area (TPSA) is 73.9 Å². The highest BCUT2D eigenvalue weighted by Gasteiger charge is 2.33. The van der Waals surface area contributed by atoms with Gasteiger partial charge in [-0.2, -0.15) is 0 Å². The maximum absolute atomic E-state index is 11.9. The first-order valence-corrected chi connectivity index (χ1v) is 14.0. The molecule has 7 heteroatoms. The Morgan fingerprint density at radius 3 is 2.45 bits per heavy atom. The van der Waals surface area contributed by atoms with E-state index in [1.165, 1.54) is 16.7 Å². The Morgan fingerprint density at radius 1 is 0.921 bits per heavy atom. The number of unbranched alkanes of at least 4 members (excludes halogenated alkanes) is 1. The zero-order valence-corrected chi connectivity index (χ0v) is 23.0. The highest BCUT2D eigenvalue weighted by atomic mass is 32.2. The van der Waals surface area contributed by atoms with Gasteiger partial charge in [0.25, 0.3) is 5.24 Å². The molecule has 0 aliphatic carbocycles. The van der Waals surface area contributed by atoms with Gasteiger partial charge in [0.05, 0.1) is 20.3 Å². The predicted octanol–water partition coefficient (Wildman–Crippen LogP) is 7.06. The number of rotatable bonds is 13. The molecule has 1 aliphatic rings. The van der Waals surface area contributed by atoms with Crippen LogP contribution >= 0.6 is 11.8 Å². The lowest BCUT2D eigenvalue weighted by Gasteiger charge is -2.19. The first-order chi connectivity index (χ1) is 18.5. The van der Waals surface area contributed by atoms with Gasteiger partial charge >= 0.3 is 0 Å². The summed E-state index contributed by atoms with van der Waals surface area (Å²) < 4.78 is 17.6. The van der Waals surface area contributed by atoms with E-state index in [1.807, 2.05) is 36.4 Å². The number of methoxy groups -OCH3 is 1. The van der Waals surface area contributed by atoms with Gasteiger partial charge in [-0.05, 0) is 72.0 Å². The Hall–Kier alpha value is -3.45. The molecule has 2 amide bonds. The normalized spacial score (nSPS) is 15.7. The van der Waals surface area contributed by atoms with Gasteiger partial charge in [-0.3, -0.25) is 14.9 Å². The molecule has 38 heavy (non-hydrogen) atoms. The van der Waals surface area contributed by atoms with E-state index >= 15 is 0 Å². The largest absolute Gasteiger partial charge is 0.496 e. The molecule has 3 aromatic carbocycles. The Morgan fingerprint density at radius 2 is 1.71 bits per heavy atom. The van der Waals surface area contributed by atoms with Crippen molar-refractivity contribution in [1.29, 1.82) is 0 Å². The molecule has 0 aromatic heterocycles. The molecule has 4 rings (SSSR count). The van der Waals surface area contributed by atoms with Gasteiger partial charge in [0.15, 0.2) is 0 Å². The Bertz CT molecular complexity index is 1260. The number of carbonyl (C=O) groups is 2. The van der Waals surface area contributed by atoms with Gasteiger partial charge < -0.3 is 14.2 Å². The Kier molecular flexibility index (Phi) is 9.71. The summed E-state index contributed by atoms with van der Waals surface area (Å²) in [6.07, 6.45) is 3.71. The SMILES string of the molecule is CCCc1cc(C(C)c2ccccc2OC)ccc1OCCCCOc1cccc(C2SC(=O)NC2=O)c1. The smallest absolute Gasteiger partial charge is 0.286 e. The quantitative estimate of drug-likeness (QED) is 0.237. The van der Waals surface area contributed by atoms with Crippen molar-refractivity contribution in [3.05, 3.63) is 89.0 Å². The third kappa shape index (κ3) is 6.90. The summed E-state index contributed by atoms with van der Waals surface area (Å²) in [6, 6.07) is 22.1. The second-order valence-corrected chi connectivity index (χ2v) is 10.4. The molecule has 1 aliphatic heterocycles. The van der Waals surface area contributed by atoms with Gasteiger partial charge in [-0.1, -0.05) is 62.7 Å². The zero-order valence-electron chi connectivity index (χ0n) is 22.2. The molecule has 1 fully saturated rings. The van der Waals surface area contributed by atoms with E-state index < -0.39 is 5.25 Å². The maximum atomic E-state index is 11.9. The molecule has 0 saturated carbocycles. The average molecular weight is 534 g/mol. The number of para-hydroxylation sites is 1. The van der Waals surface area contributed by atoms with Crippen LogP contribution in [0.1, 0.15) is 66.5 Å². The summed E-state index contributed by atoms with van der Waals surface area (Å²) in [5, 5.41) is 1.50. The van der Waals surface area contributed by atoms with Crippen molar-refractivity contribution in [2.45, 2.75) is 50.7 Å². The van der Waals surface area contributed by atoms with E-state index in [-0.39, 0.29) is 17.1 Å². The molecule has 1 saturated heterocycles. The number of thioether (sulfide) groups is 1. The van der Waals surface area contributed by atoms with Crippen molar-refractivity contribution >= 4 is 22.9 Å². The average Bonchev–Trinajstić information content (AvgIpc) is 3.28. The molecular formula is C31H35NO5S. The van der Waals surface area contributed by atoms with E-state index in [2.05, 4.69) is 49.5 Å². The van der Waals surface area contributed by atoms with E-state index in [4.69, 9.17) is 14.2 Å². The maximum Gasteiger partial charge on any atom is 0.286 e. The minimum atomic E-state index is -0.513. The summed E-state index contributed by atoms with van der Waals surface area (Å²) in [6.45, 7) is 5.55. The monoisotopic (exact) mass is 533 g/mol. The predicted molar refractivity (Wildman–Crippen MR) is 151 cm³/mol. The number of carbonyl (C=O) groups excluding carboxylic acids is 2. The number of nitrogens with one attached hydrogen (secondary N) is 1. The van der Waals surface area contributed by atoms with E-state index in [1.54, 1.807) is 7.11 Å². The zero-order chi connectivity index (χ0) is 26.9. The highest BCUT2D eigenvalue weighted by Crippen LogP contribution is 2.36. The van der Waals surface area contributed by atoms with Crippen LogP contribution in [0.3, 0.4) is 0 Å². The lowest BCUT2D eigenvalue weighted by molar-refractivity contribution is -0.119. The molecule has 1 N–H and O–H groups in total. The van der Waals surface area contributed by atoms with Crippen LogP contribution in [0.5, 0.6) is 17.2 Å². The molecule has 200 valence electrons. The van der Waals surface area contributed by atoms with Crippen LogP contribution in [0.2, 0.25) is 0 Å². The van der Waals surface area contributed by atoms with Crippen molar-refractivity contribution in [3.8, 4) is 17.2 Å². The van der Waals surface area contributed by atoms with Crippen molar-refractivity contribution < 1.29 is 23.8 Å². The lowest BCUT2D eigenvalue weighted by Crippen LogP contribution is -2.20. The molecule has 0 bridgehead atoms. The Balaban J connectivity index is 1.28. The number of ether oxygens (including phenoxy) is 3. The van der Waals surface area contributed by atoms with Gasteiger partial charge in [0, 0.05) is 11.5 Å². The van der Waals surface area contributed by atoms with Crippen LogP contribution < -0.4 is 19.5 Å². The highest BCUT2D eigenvalue weighted by molar-refractivity contribution is 8.15. The van der Waals surface area contributed by atoms with Gasteiger partial charge in [-0.25, -0.2) is 0 Å². The summed E-state index contributed by atoms with van der Waals surface area (Å²) in [5.74, 6) is 2.48. The van der Waals surface area contributed by atoms with Crippen LogP contribution in [0.15, 0.2) is 66.7 Å². The summed E-state index contributed by atoms with van der Waals surface area (Å²) in [5.41, 5.74) is 4.42. The molecule has 2 unspecified atom stereocenters. The molecular weight excluding hydrogens is 498 g/mol. The summed E-state index contributed by atoms with van der Waals surface area (Å²) in [4.78, 5) is 23.4. The minimum absolute atomic E-state index is 0.216.